The molecule has 1 fully saturated rings. The van der Waals surface area contributed by atoms with E-state index in [4.69, 9.17) is 9.84 Å². The van der Waals surface area contributed by atoms with Gasteiger partial charge in [0.05, 0.1) is 11.6 Å². The van der Waals surface area contributed by atoms with Crippen molar-refractivity contribution in [2.45, 2.75) is 38.8 Å². The molecule has 2 rings (SSSR count). The molecule has 0 saturated carbocycles. The lowest BCUT2D eigenvalue weighted by molar-refractivity contribution is 0.0508. The first-order valence-electron chi connectivity index (χ1n) is 7.32. The Labute approximate surface area is 130 Å². The van der Waals surface area contributed by atoms with Gasteiger partial charge in [0.15, 0.2) is 0 Å². The number of amides is 1. The van der Waals surface area contributed by atoms with E-state index in [1.165, 1.54) is 0 Å². The van der Waals surface area contributed by atoms with Gasteiger partial charge in [0.2, 0.25) is 0 Å². The number of nitrogens with one attached hydrogen (secondary N) is 1. The van der Waals surface area contributed by atoms with Crippen molar-refractivity contribution in [3.63, 3.8) is 0 Å². The Hall–Kier alpha value is -2.24. The SMILES string of the molecule is CC(C)(C)OC(=O)N[C@@H]1CCN(c2ccc(C(=O)O)cc2)C1. The van der Waals surface area contributed by atoms with Crippen LogP contribution in [0.5, 0.6) is 0 Å². The zero-order chi connectivity index (χ0) is 16.3. The predicted molar refractivity (Wildman–Crippen MR) is 83.4 cm³/mol. The van der Waals surface area contributed by atoms with Gasteiger partial charge in [-0.05, 0) is 51.5 Å². The summed E-state index contributed by atoms with van der Waals surface area (Å²) in [4.78, 5) is 24.7. The van der Waals surface area contributed by atoms with Crippen LogP contribution in [0.3, 0.4) is 0 Å². The van der Waals surface area contributed by atoms with Gasteiger partial charge in [0, 0.05) is 18.8 Å². The van der Waals surface area contributed by atoms with Gasteiger partial charge in [-0.2, -0.15) is 0 Å². The van der Waals surface area contributed by atoms with Gasteiger partial charge < -0.3 is 20.1 Å². The Bertz CT molecular complexity index is 548. The summed E-state index contributed by atoms with van der Waals surface area (Å²) in [6.45, 7) is 6.99. The highest BCUT2D eigenvalue weighted by Gasteiger charge is 2.26. The number of ether oxygens (including phenoxy) is 1. The molecule has 0 aromatic heterocycles. The second kappa shape index (κ2) is 6.25. The molecular weight excluding hydrogens is 284 g/mol. The third kappa shape index (κ3) is 4.38. The molecular formula is C16H22N2O4. The summed E-state index contributed by atoms with van der Waals surface area (Å²) in [5.41, 5.74) is 0.722. The fourth-order valence-corrected chi connectivity index (χ4v) is 2.40. The number of anilines is 1. The molecule has 0 unspecified atom stereocenters. The Morgan fingerprint density at radius 1 is 1.27 bits per heavy atom. The number of carboxylic acids is 1. The molecule has 1 amide bonds. The van der Waals surface area contributed by atoms with Gasteiger partial charge in [0.1, 0.15) is 5.60 Å². The molecule has 1 aliphatic heterocycles. The molecule has 1 atom stereocenters. The smallest absolute Gasteiger partial charge is 0.407 e. The summed E-state index contributed by atoms with van der Waals surface area (Å²) in [6, 6.07) is 6.80. The first kappa shape index (κ1) is 16.1. The zero-order valence-corrected chi connectivity index (χ0v) is 13.1. The Balaban J connectivity index is 1.89. The first-order chi connectivity index (χ1) is 10.2. The van der Waals surface area contributed by atoms with E-state index in [1.807, 2.05) is 20.8 Å². The molecule has 2 N–H and O–H groups in total. The molecule has 1 saturated heterocycles. The predicted octanol–water partition coefficient (Wildman–Crippen LogP) is 2.49. The molecule has 22 heavy (non-hydrogen) atoms. The maximum absolute atomic E-state index is 11.8. The topological polar surface area (TPSA) is 78.9 Å². The number of benzene rings is 1. The van der Waals surface area contributed by atoms with Gasteiger partial charge >= 0.3 is 12.1 Å². The normalized spacial score (nSPS) is 18.1. The quantitative estimate of drug-likeness (QED) is 0.897. The van der Waals surface area contributed by atoms with Gasteiger partial charge in [-0.1, -0.05) is 0 Å². The van der Waals surface area contributed by atoms with Crippen LogP contribution in [0.25, 0.3) is 0 Å². The average Bonchev–Trinajstić information content (AvgIpc) is 2.85. The van der Waals surface area contributed by atoms with Crippen molar-refractivity contribution in [3.8, 4) is 0 Å². The highest BCUT2D eigenvalue weighted by atomic mass is 16.6. The maximum Gasteiger partial charge on any atom is 0.407 e. The number of hydrogen-bond donors (Lipinski definition) is 2. The molecule has 6 nitrogen and oxygen atoms in total. The minimum Gasteiger partial charge on any atom is -0.478 e. The van der Waals surface area contributed by atoms with Gasteiger partial charge in [-0.15, -0.1) is 0 Å². The second-order valence-electron chi connectivity index (χ2n) is 6.43. The zero-order valence-electron chi connectivity index (χ0n) is 13.1. The summed E-state index contributed by atoms with van der Waals surface area (Å²) in [5, 5.41) is 11.8. The molecule has 0 aliphatic carbocycles. The fourth-order valence-electron chi connectivity index (χ4n) is 2.40. The molecule has 0 bridgehead atoms. The molecule has 1 aromatic rings. The molecule has 1 aromatic carbocycles. The van der Waals surface area contributed by atoms with Crippen molar-refractivity contribution in [2.24, 2.45) is 0 Å². The largest absolute Gasteiger partial charge is 0.478 e. The molecule has 0 spiro atoms. The standard InChI is InChI=1S/C16H22N2O4/c1-16(2,3)22-15(21)17-12-8-9-18(10-12)13-6-4-11(5-7-13)14(19)20/h4-7,12H,8-10H2,1-3H3,(H,17,21)(H,19,20)/t12-/m1/s1. The third-order valence-electron chi connectivity index (χ3n) is 3.39. The minimum atomic E-state index is -0.933. The van der Waals surface area contributed by atoms with Gasteiger partial charge in [0.25, 0.3) is 0 Å². The summed E-state index contributed by atoms with van der Waals surface area (Å²) in [5.74, 6) is -0.933. The number of carbonyl (C=O) groups excluding carboxylic acids is 1. The van der Waals surface area contributed by atoms with E-state index in [1.54, 1.807) is 24.3 Å². The number of alkyl carbamates (subject to hydrolysis) is 1. The average molecular weight is 306 g/mol. The van der Waals surface area contributed by atoms with Gasteiger partial charge in [-0.25, -0.2) is 9.59 Å². The van der Waals surface area contributed by atoms with Crippen molar-refractivity contribution >= 4 is 17.7 Å². The number of hydrogen-bond acceptors (Lipinski definition) is 4. The van der Waals surface area contributed by atoms with E-state index in [0.717, 1.165) is 18.7 Å². The Kier molecular flexibility index (Phi) is 4.59. The van der Waals surface area contributed by atoms with Crippen LogP contribution in [0.1, 0.15) is 37.6 Å². The maximum atomic E-state index is 11.8. The van der Waals surface area contributed by atoms with E-state index in [-0.39, 0.29) is 11.6 Å². The summed E-state index contributed by atoms with van der Waals surface area (Å²) < 4.78 is 5.25. The van der Waals surface area contributed by atoms with Crippen molar-refractivity contribution in [1.29, 1.82) is 0 Å². The highest BCUT2D eigenvalue weighted by Crippen LogP contribution is 2.21. The van der Waals surface area contributed by atoms with E-state index >= 15 is 0 Å². The van der Waals surface area contributed by atoms with Crippen molar-refractivity contribution < 1.29 is 19.4 Å². The molecule has 1 heterocycles. The molecule has 6 heteroatoms. The van der Waals surface area contributed by atoms with Gasteiger partial charge in [-0.3, -0.25) is 0 Å². The van der Waals surface area contributed by atoms with Crippen molar-refractivity contribution in [2.75, 3.05) is 18.0 Å². The van der Waals surface area contributed by atoms with E-state index in [0.29, 0.717) is 6.54 Å². The monoisotopic (exact) mass is 306 g/mol. The lowest BCUT2D eigenvalue weighted by atomic mass is 10.2. The van der Waals surface area contributed by atoms with Crippen LogP contribution in [0.15, 0.2) is 24.3 Å². The van der Waals surface area contributed by atoms with Crippen LogP contribution < -0.4 is 10.2 Å². The van der Waals surface area contributed by atoms with E-state index in [9.17, 15) is 9.59 Å². The summed E-state index contributed by atoms with van der Waals surface area (Å²) in [6.07, 6.45) is 0.431. The summed E-state index contributed by atoms with van der Waals surface area (Å²) >= 11 is 0. The minimum absolute atomic E-state index is 0.0361. The van der Waals surface area contributed by atoms with Crippen LogP contribution in [0.4, 0.5) is 10.5 Å². The molecule has 0 radical (unpaired) electrons. The second-order valence-corrected chi connectivity index (χ2v) is 6.43. The molecule has 1 aliphatic rings. The number of carboxylic acid groups (broad SMARTS) is 1. The Morgan fingerprint density at radius 2 is 1.91 bits per heavy atom. The third-order valence-corrected chi connectivity index (χ3v) is 3.39. The number of aromatic carboxylic acids is 1. The fraction of sp³-hybridized carbons (Fsp3) is 0.500. The van der Waals surface area contributed by atoms with Crippen LogP contribution >= 0.6 is 0 Å². The van der Waals surface area contributed by atoms with Crippen LogP contribution in [-0.4, -0.2) is 41.9 Å². The summed E-state index contributed by atoms with van der Waals surface area (Å²) in [7, 11) is 0. The van der Waals surface area contributed by atoms with Crippen molar-refractivity contribution in [3.05, 3.63) is 29.8 Å². The van der Waals surface area contributed by atoms with Crippen LogP contribution in [-0.2, 0) is 4.74 Å². The lowest BCUT2D eigenvalue weighted by Crippen LogP contribution is -2.40. The number of nitrogens with zero attached hydrogens (tertiary/aromatic N) is 1. The van der Waals surface area contributed by atoms with Crippen LogP contribution in [0, 0.1) is 0 Å². The Morgan fingerprint density at radius 3 is 2.45 bits per heavy atom. The van der Waals surface area contributed by atoms with Crippen LogP contribution in [0.2, 0.25) is 0 Å². The van der Waals surface area contributed by atoms with E-state index in [2.05, 4.69) is 10.2 Å². The van der Waals surface area contributed by atoms with E-state index < -0.39 is 17.7 Å². The van der Waals surface area contributed by atoms with Crippen molar-refractivity contribution in [1.82, 2.24) is 5.32 Å². The number of carbonyl (C=O) groups is 2. The number of rotatable bonds is 3. The highest BCUT2D eigenvalue weighted by molar-refractivity contribution is 5.88. The lowest BCUT2D eigenvalue weighted by Gasteiger charge is -2.22. The molecule has 120 valence electrons. The first-order valence-corrected chi connectivity index (χ1v) is 7.32.